The molecule has 0 saturated heterocycles. The van der Waals surface area contributed by atoms with Crippen molar-refractivity contribution in [1.29, 1.82) is 0 Å². The van der Waals surface area contributed by atoms with Crippen molar-refractivity contribution in [3.8, 4) is 0 Å². The van der Waals surface area contributed by atoms with Gasteiger partial charge in [0.1, 0.15) is 5.75 Å². The average Bonchev–Trinajstić information content (AvgIpc) is 1.63. The molecule has 1 N–H and O–H groups in total. The van der Waals surface area contributed by atoms with E-state index in [9.17, 15) is 9.00 Å². The van der Waals surface area contributed by atoms with E-state index in [1.54, 1.807) is 6.92 Å². The molecule has 4 heteroatoms. The molecule has 1 unspecified atom stereocenters. The summed E-state index contributed by atoms with van der Waals surface area (Å²) in [6.45, 7) is 1.68. The SMILES string of the molecule is C/C=C/C(=O)CS(=O)O. The van der Waals surface area contributed by atoms with Crippen LogP contribution >= 0.6 is 0 Å². The Morgan fingerprint density at radius 3 is 2.67 bits per heavy atom. The van der Waals surface area contributed by atoms with Gasteiger partial charge in [0.05, 0.1) is 0 Å². The van der Waals surface area contributed by atoms with Crippen molar-refractivity contribution in [3.63, 3.8) is 0 Å². The number of carbonyl (C=O) groups is 1. The van der Waals surface area contributed by atoms with Crippen LogP contribution in [0.1, 0.15) is 6.92 Å². The maximum atomic E-state index is 10.4. The van der Waals surface area contributed by atoms with Crippen LogP contribution in [0.25, 0.3) is 0 Å². The lowest BCUT2D eigenvalue weighted by atomic mass is 10.4. The van der Waals surface area contributed by atoms with E-state index in [-0.39, 0.29) is 11.5 Å². The van der Waals surface area contributed by atoms with E-state index in [1.165, 1.54) is 12.2 Å². The first-order valence-corrected chi connectivity index (χ1v) is 3.67. The Kier molecular flexibility index (Phi) is 4.17. The number of hydrogen-bond acceptors (Lipinski definition) is 2. The van der Waals surface area contributed by atoms with E-state index in [0.717, 1.165) is 0 Å². The smallest absolute Gasteiger partial charge is 0.170 e. The van der Waals surface area contributed by atoms with E-state index in [4.69, 9.17) is 4.55 Å². The molecule has 0 fully saturated rings. The van der Waals surface area contributed by atoms with Crippen LogP contribution in [0.3, 0.4) is 0 Å². The monoisotopic (exact) mass is 148 g/mol. The summed E-state index contributed by atoms with van der Waals surface area (Å²) in [4.78, 5) is 10.4. The van der Waals surface area contributed by atoms with Crippen molar-refractivity contribution in [1.82, 2.24) is 0 Å². The molecule has 3 nitrogen and oxygen atoms in total. The zero-order valence-corrected chi connectivity index (χ0v) is 5.85. The summed E-state index contributed by atoms with van der Waals surface area (Å²) in [7, 11) is 0. The molecular formula is C5H8O3S. The molecule has 0 aliphatic heterocycles. The van der Waals surface area contributed by atoms with Crippen molar-refractivity contribution >= 4 is 16.9 Å². The molecule has 0 radical (unpaired) electrons. The summed E-state index contributed by atoms with van der Waals surface area (Å²) < 4.78 is 18.1. The number of rotatable bonds is 3. The van der Waals surface area contributed by atoms with Crippen molar-refractivity contribution in [2.45, 2.75) is 6.92 Å². The summed E-state index contributed by atoms with van der Waals surface area (Å²) in [5, 5.41) is 0. The van der Waals surface area contributed by atoms with Gasteiger partial charge in [0.25, 0.3) is 0 Å². The number of allylic oxidation sites excluding steroid dienone is 2. The molecule has 0 aromatic carbocycles. The molecule has 0 rings (SSSR count). The topological polar surface area (TPSA) is 54.4 Å². The standard InChI is InChI=1S/C5H8O3S/c1-2-3-5(6)4-9(7)8/h2-3H,4H2,1H3,(H,7,8)/b3-2+. The highest BCUT2D eigenvalue weighted by molar-refractivity contribution is 7.80. The lowest BCUT2D eigenvalue weighted by Crippen LogP contribution is -2.05. The number of ketones is 1. The lowest BCUT2D eigenvalue weighted by Gasteiger charge is -1.85. The fourth-order valence-corrected chi connectivity index (χ4v) is 0.695. The predicted molar refractivity (Wildman–Crippen MR) is 35.5 cm³/mol. The third kappa shape index (κ3) is 5.39. The van der Waals surface area contributed by atoms with Crippen LogP contribution in [0.5, 0.6) is 0 Å². The summed E-state index contributed by atoms with van der Waals surface area (Å²) in [5.74, 6) is -0.622. The average molecular weight is 148 g/mol. The molecule has 0 bridgehead atoms. The highest BCUT2D eigenvalue weighted by Crippen LogP contribution is 1.79. The van der Waals surface area contributed by atoms with Crippen LogP contribution in [-0.2, 0) is 15.9 Å². The molecule has 0 aromatic rings. The van der Waals surface area contributed by atoms with Crippen LogP contribution in [0.4, 0.5) is 0 Å². The van der Waals surface area contributed by atoms with Gasteiger partial charge in [-0.2, -0.15) is 0 Å². The quantitative estimate of drug-likeness (QED) is 0.464. The molecule has 52 valence electrons. The van der Waals surface area contributed by atoms with Gasteiger partial charge < -0.3 is 4.55 Å². The second-order valence-electron chi connectivity index (χ2n) is 1.43. The first-order valence-electron chi connectivity index (χ1n) is 2.39. The van der Waals surface area contributed by atoms with Crippen molar-refractivity contribution < 1.29 is 13.6 Å². The molecule has 0 saturated carbocycles. The Morgan fingerprint density at radius 2 is 2.33 bits per heavy atom. The molecule has 9 heavy (non-hydrogen) atoms. The Labute approximate surface area is 56.0 Å². The van der Waals surface area contributed by atoms with Gasteiger partial charge in [0.2, 0.25) is 0 Å². The highest BCUT2D eigenvalue weighted by Gasteiger charge is 1.98. The molecule has 1 atom stereocenters. The second kappa shape index (κ2) is 4.40. The largest absolute Gasteiger partial charge is 0.306 e. The van der Waals surface area contributed by atoms with Gasteiger partial charge in [-0.25, -0.2) is 4.21 Å². The van der Waals surface area contributed by atoms with Crippen LogP contribution < -0.4 is 0 Å². The van der Waals surface area contributed by atoms with Gasteiger partial charge in [0.15, 0.2) is 16.9 Å². The summed E-state index contributed by atoms with van der Waals surface area (Å²) in [6.07, 6.45) is 2.81. The summed E-state index contributed by atoms with van der Waals surface area (Å²) in [5.41, 5.74) is 0. The maximum absolute atomic E-state index is 10.4. The van der Waals surface area contributed by atoms with E-state index >= 15 is 0 Å². The van der Waals surface area contributed by atoms with Crippen LogP contribution in [0.15, 0.2) is 12.2 Å². The lowest BCUT2D eigenvalue weighted by molar-refractivity contribution is -0.112. The third-order valence-electron chi connectivity index (χ3n) is 0.618. The normalized spacial score (nSPS) is 14.0. The predicted octanol–water partition coefficient (Wildman–Crippen LogP) is 0.353. The van der Waals surface area contributed by atoms with Crippen LogP contribution in [0.2, 0.25) is 0 Å². The summed E-state index contributed by atoms with van der Waals surface area (Å²) in [6, 6.07) is 0. The van der Waals surface area contributed by atoms with Crippen molar-refractivity contribution in [2.24, 2.45) is 0 Å². The van der Waals surface area contributed by atoms with Gasteiger partial charge in [-0.15, -0.1) is 0 Å². The Bertz CT molecular complexity index is 150. The second-order valence-corrected chi connectivity index (χ2v) is 2.36. The minimum atomic E-state index is -2.00. The number of carbonyl (C=O) groups excluding carboxylic acids is 1. The summed E-state index contributed by atoms with van der Waals surface area (Å²) >= 11 is -2.00. The van der Waals surface area contributed by atoms with Crippen molar-refractivity contribution in [3.05, 3.63) is 12.2 Å². The molecule has 0 aliphatic carbocycles. The van der Waals surface area contributed by atoms with Crippen molar-refractivity contribution in [2.75, 3.05) is 5.75 Å². The van der Waals surface area contributed by atoms with Gasteiger partial charge in [-0.3, -0.25) is 4.79 Å². The van der Waals surface area contributed by atoms with Gasteiger partial charge >= 0.3 is 0 Å². The maximum Gasteiger partial charge on any atom is 0.170 e. The Hall–Kier alpha value is -0.480. The molecule has 0 spiro atoms. The minimum Gasteiger partial charge on any atom is -0.306 e. The fourth-order valence-electron chi connectivity index (χ4n) is 0.356. The number of hydrogen-bond donors (Lipinski definition) is 1. The van der Waals surface area contributed by atoms with Gasteiger partial charge in [-0.05, 0) is 13.0 Å². The van der Waals surface area contributed by atoms with E-state index < -0.39 is 11.1 Å². The molecule has 0 aliphatic rings. The van der Waals surface area contributed by atoms with E-state index in [0.29, 0.717) is 0 Å². The first-order chi connectivity index (χ1) is 4.16. The fraction of sp³-hybridized carbons (Fsp3) is 0.400. The van der Waals surface area contributed by atoms with Gasteiger partial charge in [0, 0.05) is 0 Å². The Morgan fingerprint density at radius 1 is 1.78 bits per heavy atom. The van der Waals surface area contributed by atoms with E-state index in [2.05, 4.69) is 0 Å². The van der Waals surface area contributed by atoms with Gasteiger partial charge in [-0.1, -0.05) is 6.08 Å². The van der Waals surface area contributed by atoms with Crippen LogP contribution in [-0.4, -0.2) is 20.3 Å². The Balaban J connectivity index is 3.64. The minimum absolute atomic E-state index is 0.301. The first kappa shape index (κ1) is 8.52. The zero-order chi connectivity index (χ0) is 7.28. The molecule has 0 amide bonds. The zero-order valence-electron chi connectivity index (χ0n) is 5.03. The van der Waals surface area contributed by atoms with Crippen LogP contribution in [0, 0.1) is 0 Å². The third-order valence-corrected chi connectivity index (χ3v) is 1.15. The molecule has 0 aromatic heterocycles. The van der Waals surface area contributed by atoms with E-state index in [1.807, 2.05) is 0 Å². The highest BCUT2D eigenvalue weighted by atomic mass is 32.2. The molecular weight excluding hydrogens is 140 g/mol. The molecule has 0 heterocycles.